The van der Waals surface area contributed by atoms with E-state index in [4.69, 9.17) is 10.7 Å². The molecule has 1 aromatic carbocycles. The number of halogens is 1. The fraction of sp³-hybridized carbons (Fsp3) is 0.421. The minimum absolute atomic E-state index is 0.286. The monoisotopic (exact) mass is 358 g/mol. The van der Waals surface area contributed by atoms with E-state index in [1.54, 1.807) is 17.4 Å². The van der Waals surface area contributed by atoms with Crippen LogP contribution in [0.15, 0.2) is 40.7 Å². The maximum atomic E-state index is 14.4. The lowest BCUT2D eigenvalue weighted by Crippen LogP contribution is -2.57. The molecule has 4 nitrogen and oxygen atoms in total. The van der Waals surface area contributed by atoms with Crippen molar-refractivity contribution in [2.24, 2.45) is 10.7 Å². The molecule has 1 aromatic heterocycles. The summed E-state index contributed by atoms with van der Waals surface area (Å²) >= 11 is 1.79. The highest BCUT2D eigenvalue weighted by molar-refractivity contribution is 7.09. The summed E-state index contributed by atoms with van der Waals surface area (Å²) in [7, 11) is 0. The second-order valence-electron chi connectivity index (χ2n) is 6.70. The Kier molecular flexibility index (Phi) is 4.48. The third-order valence-corrected chi connectivity index (χ3v) is 6.10. The standard InChI is InChI=1S/C19H23FN4S/c20-15-6-1-7-16-17(15)18(21)23-19(8-10-22-11-9-19)24(16)12-2-4-14-5-3-13-25-14/h1,3,5-7,13,22H,2,4,8-12H2,(H2,21,23). The van der Waals surface area contributed by atoms with E-state index in [1.807, 2.05) is 6.07 Å². The minimum atomic E-state index is -0.342. The molecule has 1 saturated heterocycles. The molecule has 0 aliphatic carbocycles. The van der Waals surface area contributed by atoms with Crippen LogP contribution in [-0.4, -0.2) is 31.1 Å². The van der Waals surface area contributed by atoms with Crippen LogP contribution in [0.4, 0.5) is 10.1 Å². The molecule has 3 heterocycles. The normalized spacial score (nSPS) is 18.9. The number of hydrogen-bond donors (Lipinski definition) is 2. The van der Waals surface area contributed by atoms with E-state index < -0.39 is 0 Å². The number of fused-ring (bicyclic) bond motifs is 1. The van der Waals surface area contributed by atoms with E-state index >= 15 is 0 Å². The van der Waals surface area contributed by atoms with Crippen molar-refractivity contribution in [2.75, 3.05) is 24.5 Å². The molecular weight excluding hydrogens is 335 g/mol. The third-order valence-electron chi connectivity index (χ3n) is 5.16. The zero-order valence-corrected chi connectivity index (χ0v) is 15.0. The fourth-order valence-corrected chi connectivity index (χ4v) is 4.71. The number of rotatable bonds is 4. The molecule has 6 heteroatoms. The van der Waals surface area contributed by atoms with Gasteiger partial charge in [0.25, 0.3) is 0 Å². The van der Waals surface area contributed by atoms with Gasteiger partial charge in [0.15, 0.2) is 0 Å². The molecular formula is C19H23FN4S. The molecule has 2 aliphatic rings. The van der Waals surface area contributed by atoms with Crippen LogP contribution in [0.2, 0.25) is 0 Å². The number of aryl methyl sites for hydroxylation is 1. The Morgan fingerprint density at radius 2 is 2.08 bits per heavy atom. The fourth-order valence-electron chi connectivity index (χ4n) is 3.96. The molecule has 1 spiro atoms. The first kappa shape index (κ1) is 16.5. The topological polar surface area (TPSA) is 53.6 Å². The molecule has 4 rings (SSSR count). The van der Waals surface area contributed by atoms with E-state index in [0.717, 1.165) is 51.0 Å². The number of nitrogens with zero attached hydrogens (tertiary/aromatic N) is 2. The summed E-state index contributed by atoms with van der Waals surface area (Å²) in [5.74, 6) is 0.0512. The van der Waals surface area contributed by atoms with E-state index in [9.17, 15) is 4.39 Å². The lowest BCUT2D eigenvalue weighted by Gasteiger charge is -2.48. The summed E-state index contributed by atoms with van der Waals surface area (Å²) in [6.07, 6.45) is 3.83. The van der Waals surface area contributed by atoms with Gasteiger partial charge in [-0.15, -0.1) is 11.3 Å². The van der Waals surface area contributed by atoms with Crippen LogP contribution in [0.3, 0.4) is 0 Å². The van der Waals surface area contributed by atoms with Gasteiger partial charge in [0, 0.05) is 24.3 Å². The summed E-state index contributed by atoms with van der Waals surface area (Å²) < 4.78 is 14.4. The number of amidine groups is 1. The van der Waals surface area contributed by atoms with Crippen molar-refractivity contribution in [2.45, 2.75) is 31.3 Å². The van der Waals surface area contributed by atoms with Crippen molar-refractivity contribution >= 4 is 22.9 Å². The first-order valence-corrected chi connectivity index (χ1v) is 9.72. The van der Waals surface area contributed by atoms with Gasteiger partial charge in [-0.1, -0.05) is 12.1 Å². The largest absolute Gasteiger partial charge is 0.383 e. The number of piperidine rings is 1. The molecule has 25 heavy (non-hydrogen) atoms. The summed E-state index contributed by atoms with van der Waals surface area (Å²) in [5, 5.41) is 5.51. The lowest BCUT2D eigenvalue weighted by molar-refractivity contribution is 0.293. The molecule has 0 atom stereocenters. The van der Waals surface area contributed by atoms with Crippen LogP contribution < -0.4 is 16.0 Å². The number of nitrogens with one attached hydrogen (secondary N) is 1. The summed E-state index contributed by atoms with van der Waals surface area (Å²) in [4.78, 5) is 8.51. The highest BCUT2D eigenvalue weighted by Crippen LogP contribution is 2.39. The Morgan fingerprint density at radius 3 is 2.84 bits per heavy atom. The first-order chi connectivity index (χ1) is 12.2. The van der Waals surface area contributed by atoms with Crippen LogP contribution in [0.5, 0.6) is 0 Å². The van der Waals surface area contributed by atoms with Crippen LogP contribution in [-0.2, 0) is 6.42 Å². The van der Waals surface area contributed by atoms with Crippen molar-refractivity contribution < 1.29 is 4.39 Å². The summed E-state index contributed by atoms with van der Waals surface area (Å²) in [6, 6.07) is 9.48. The molecule has 0 saturated carbocycles. The maximum Gasteiger partial charge on any atom is 0.136 e. The van der Waals surface area contributed by atoms with E-state index in [0.29, 0.717) is 11.4 Å². The Bertz CT molecular complexity index is 766. The number of hydrogen-bond acceptors (Lipinski definition) is 5. The van der Waals surface area contributed by atoms with Gasteiger partial charge in [0.1, 0.15) is 17.3 Å². The predicted molar refractivity (Wildman–Crippen MR) is 102 cm³/mol. The molecule has 0 unspecified atom stereocenters. The summed E-state index contributed by atoms with van der Waals surface area (Å²) in [5.41, 5.74) is 7.19. The number of aliphatic imine (C=N–C) groups is 1. The van der Waals surface area contributed by atoms with Gasteiger partial charge in [-0.25, -0.2) is 9.38 Å². The van der Waals surface area contributed by atoms with Crippen molar-refractivity contribution in [3.8, 4) is 0 Å². The Hall–Kier alpha value is -1.92. The van der Waals surface area contributed by atoms with Crippen molar-refractivity contribution in [1.82, 2.24) is 5.32 Å². The van der Waals surface area contributed by atoms with Gasteiger partial charge < -0.3 is 16.0 Å². The van der Waals surface area contributed by atoms with E-state index in [2.05, 4.69) is 27.7 Å². The molecule has 3 N–H and O–H groups in total. The van der Waals surface area contributed by atoms with Crippen molar-refractivity contribution in [3.63, 3.8) is 0 Å². The quantitative estimate of drug-likeness (QED) is 0.883. The third kappa shape index (κ3) is 3.04. The first-order valence-electron chi connectivity index (χ1n) is 8.85. The van der Waals surface area contributed by atoms with Gasteiger partial charge in [-0.2, -0.15) is 0 Å². The maximum absolute atomic E-state index is 14.4. The van der Waals surface area contributed by atoms with Gasteiger partial charge in [0.05, 0.1) is 11.3 Å². The average Bonchev–Trinajstić information content (AvgIpc) is 3.12. The van der Waals surface area contributed by atoms with Crippen molar-refractivity contribution in [1.29, 1.82) is 0 Å². The number of benzene rings is 1. The zero-order chi connectivity index (χ0) is 17.3. The summed E-state index contributed by atoms with van der Waals surface area (Å²) in [6.45, 7) is 2.66. The Balaban J connectivity index is 1.65. The molecule has 1 fully saturated rings. The minimum Gasteiger partial charge on any atom is -0.383 e. The predicted octanol–water partition coefficient (Wildman–Crippen LogP) is 3.13. The van der Waals surface area contributed by atoms with E-state index in [1.165, 1.54) is 10.9 Å². The number of thiophene rings is 1. The highest BCUT2D eigenvalue weighted by Gasteiger charge is 2.42. The van der Waals surface area contributed by atoms with Crippen LogP contribution in [0.1, 0.15) is 29.7 Å². The molecule has 0 radical (unpaired) electrons. The molecule has 132 valence electrons. The van der Waals surface area contributed by atoms with Gasteiger partial charge in [0.2, 0.25) is 0 Å². The van der Waals surface area contributed by atoms with Crippen LogP contribution in [0.25, 0.3) is 0 Å². The molecule has 2 aromatic rings. The van der Waals surface area contributed by atoms with Crippen LogP contribution in [0, 0.1) is 5.82 Å². The average molecular weight is 358 g/mol. The lowest BCUT2D eigenvalue weighted by atomic mass is 9.91. The van der Waals surface area contributed by atoms with E-state index in [-0.39, 0.29) is 11.5 Å². The zero-order valence-electron chi connectivity index (χ0n) is 14.2. The molecule has 2 aliphatic heterocycles. The smallest absolute Gasteiger partial charge is 0.136 e. The van der Waals surface area contributed by atoms with Crippen molar-refractivity contribution in [3.05, 3.63) is 52.0 Å². The SMILES string of the molecule is NC1=NC2(CCNCC2)N(CCCc2cccs2)c2cccc(F)c21. The molecule has 0 bridgehead atoms. The van der Waals surface area contributed by atoms with Gasteiger partial charge >= 0.3 is 0 Å². The Morgan fingerprint density at radius 1 is 1.24 bits per heavy atom. The van der Waals surface area contributed by atoms with Gasteiger partial charge in [-0.05, 0) is 49.5 Å². The second kappa shape index (κ2) is 6.77. The molecule has 0 amide bonds. The number of nitrogens with two attached hydrogens (primary N) is 1. The van der Waals surface area contributed by atoms with Crippen LogP contribution >= 0.6 is 11.3 Å². The van der Waals surface area contributed by atoms with Gasteiger partial charge in [-0.3, -0.25) is 0 Å². The Labute approximate surface area is 151 Å². The highest BCUT2D eigenvalue weighted by atomic mass is 32.1. The number of anilines is 1. The second-order valence-corrected chi connectivity index (χ2v) is 7.73.